The van der Waals surface area contributed by atoms with E-state index >= 15 is 0 Å². The van der Waals surface area contributed by atoms with Crippen LogP contribution in [0.4, 0.5) is 0 Å². The summed E-state index contributed by atoms with van der Waals surface area (Å²) in [5.74, 6) is 2.62. The van der Waals surface area contributed by atoms with Crippen LogP contribution in [0.1, 0.15) is 51.4 Å². The van der Waals surface area contributed by atoms with Crippen molar-refractivity contribution in [3.8, 4) is 0 Å². The molecule has 0 bridgehead atoms. The van der Waals surface area contributed by atoms with Crippen molar-refractivity contribution in [3.05, 3.63) is 23.6 Å². The van der Waals surface area contributed by atoms with Gasteiger partial charge in [0, 0.05) is 5.57 Å². The fraction of sp³-hybridized carbons (Fsp3) is 0.722. The summed E-state index contributed by atoms with van der Waals surface area (Å²) in [4.78, 5) is 4.50. The minimum atomic E-state index is 0.746. The summed E-state index contributed by atoms with van der Waals surface area (Å²) in [5, 5.41) is 3.68. The molecule has 0 saturated heterocycles. The van der Waals surface area contributed by atoms with E-state index in [0.717, 1.165) is 30.6 Å². The second-order valence-electron chi connectivity index (χ2n) is 6.69. The number of hydrogen-bond donors (Lipinski definition) is 1. The topological polar surface area (TPSA) is 33.6 Å². The predicted molar refractivity (Wildman–Crippen MR) is 87.4 cm³/mol. The molecule has 0 aromatic carbocycles. The lowest BCUT2D eigenvalue weighted by molar-refractivity contribution is 0.303. The van der Waals surface area contributed by atoms with Gasteiger partial charge in [-0.1, -0.05) is 25.3 Å². The van der Waals surface area contributed by atoms with E-state index in [9.17, 15) is 0 Å². The van der Waals surface area contributed by atoms with Gasteiger partial charge in [-0.15, -0.1) is 0 Å². The highest BCUT2D eigenvalue weighted by atomic mass is 16.5. The van der Waals surface area contributed by atoms with Gasteiger partial charge in [0.05, 0.1) is 19.0 Å². The number of rotatable bonds is 6. The first-order valence-electron chi connectivity index (χ1n) is 8.59. The normalized spacial score (nSPS) is 26.0. The Morgan fingerprint density at radius 3 is 2.90 bits per heavy atom. The van der Waals surface area contributed by atoms with E-state index in [1.54, 1.807) is 7.11 Å². The van der Waals surface area contributed by atoms with E-state index in [4.69, 9.17) is 4.74 Å². The summed E-state index contributed by atoms with van der Waals surface area (Å²) in [5.41, 5.74) is 2.47. The highest BCUT2D eigenvalue weighted by Gasteiger charge is 2.25. The Hall–Kier alpha value is -1.09. The first kappa shape index (κ1) is 14.8. The average molecular weight is 288 g/mol. The molecule has 0 aromatic heterocycles. The monoisotopic (exact) mass is 288 g/mol. The fourth-order valence-electron chi connectivity index (χ4n) is 3.83. The summed E-state index contributed by atoms with van der Waals surface area (Å²) in [6, 6.07) is 0. The highest BCUT2D eigenvalue weighted by Crippen LogP contribution is 2.31. The smallest absolute Gasteiger partial charge is 0.145 e. The SMILES string of the molecule is COC1=CN=C2CC(CCNCC3CCCCC3)CC=C12. The molecule has 1 saturated carbocycles. The number of aliphatic imine (C=N–C) groups is 1. The number of allylic oxidation sites excluding steroid dienone is 2. The number of ether oxygens (including phenoxy) is 1. The second-order valence-corrected chi connectivity index (χ2v) is 6.69. The number of nitrogens with zero attached hydrogens (tertiary/aromatic N) is 1. The molecule has 0 radical (unpaired) electrons. The van der Waals surface area contributed by atoms with Gasteiger partial charge in [-0.2, -0.15) is 0 Å². The summed E-state index contributed by atoms with van der Waals surface area (Å²) < 4.78 is 5.35. The lowest BCUT2D eigenvalue weighted by atomic mass is 9.86. The Kier molecular flexibility index (Phi) is 5.13. The van der Waals surface area contributed by atoms with Crippen molar-refractivity contribution in [1.29, 1.82) is 0 Å². The molecule has 1 N–H and O–H groups in total. The van der Waals surface area contributed by atoms with Crippen LogP contribution in [-0.2, 0) is 4.74 Å². The molecule has 0 spiro atoms. The molecule has 21 heavy (non-hydrogen) atoms. The van der Waals surface area contributed by atoms with Crippen LogP contribution in [0.25, 0.3) is 0 Å². The lowest BCUT2D eigenvalue weighted by Crippen LogP contribution is -2.27. The van der Waals surface area contributed by atoms with E-state index < -0.39 is 0 Å². The zero-order valence-electron chi connectivity index (χ0n) is 13.2. The molecule has 0 aromatic rings. The molecule has 116 valence electrons. The van der Waals surface area contributed by atoms with Gasteiger partial charge in [-0.05, 0) is 57.0 Å². The molecule has 1 atom stereocenters. The number of hydrogen-bond acceptors (Lipinski definition) is 3. The molecule has 2 aliphatic carbocycles. The number of fused-ring (bicyclic) bond motifs is 1. The zero-order chi connectivity index (χ0) is 14.5. The Morgan fingerprint density at radius 1 is 1.24 bits per heavy atom. The van der Waals surface area contributed by atoms with Crippen LogP contribution in [0.2, 0.25) is 0 Å². The molecular weight excluding hydrogens is 260 g/mol. The maximum atomic E-state index is 5.35. The van der Waals surface area contributed by atoms with Gasteiger partial charge in [-0.3, -0.25) is 4.99 Å². The highest BCUT2D eigenvalue weighted by molar-refractivity contribution is 6.06. The Bertz CT molecular complexity index is 444. The van der Waals surface area contributed by atoms with Crippen molar-refractivity contribution in [3.63, 3.8) is 0 Å². The minimum absolute atomic E-state index is 0.746. The Labute approximate surface area is 128 Å². The van der Waals surface area contributed by atoms with E-state index in [0.29, 0.717) is 0 Å². The van der Waals surface area contributed by atoms with E-state index in [1.165, 1.54) is 62.8 Å². The van der Waals surface area contributed by atoms with Gasteiger partial charge in [0.15, 0.2) is 0 Å². The molecular formula is C18H28N2O. The standard InChI is InChI=1S/C18H28N2O/c1-21-18-13-20-17-11-14(7-8-16(17)18)9-10-19-12-15-5-3-2-4-6-15/h8,13-15,19H,2-7,9-12H2,1H3. The van der Waals surface area contributed by atoms with Crippen molar-refractivity contribution < 1.29 is 4.74 Å². The molecule has 3 rings (SSSR count). The fourth-order valence-corrected chi connectivity index (χ4v) is 3.83. The quantitative estimate of drug-likeness (QED) is 0.754. The number of methoxy groups -OCH3 is 1. The Morgan fingerprint density at radius 2 is 2.10 bits per heavy atom. The van der Waals surface area contributed by atoms with Crippen LogP contribution in [-0.4, -0.2) is 25.9 Å². The Balaban J connectivity index is 1.36. The third-order valence-corrected chi connectivity index (χ3v) is 5.16. The van der Waals surface area contributed by atoms with E-state index in [-0.39, 0.29) is 0 Å². The summed E-state index contributed by atoms with van der Waals surface area (Å²) in [7, 11) is 1.73. The molecule has 3 nitrogen and oxygen atoms in total. The van der Waals surface area contributed by atoms with Crippen molar-refractivity contribution in [2.75, 3.05) is 20.2 Å². The maximum absolute atomic E-state index is 5.35. The van der Waals surface area contributed by atoms with Gasteiger partial charge in [0.1, 0.15) is 5.76 Å². The van der Waals surface area contributed by atoms with Gasteiger partial charge in [0.25, 0.3) is 0 Å². The minimum Gasteiger partial charge on any atom is -0.494 e. The molecule has 3 heteroatoms. The van der Waals surface area contributed by atoms with Gasteiger partial charge < -0.3 is 10.1 Å². The second kappa shape index (κ2) is 7.26. The molecule has 3 aliphatic rings. The molecule has 0 amide bonds. The maximum Gasteiger partial charge on any atom is 0.145 e. The summed E-state index contributed by atoms with van der Waals surface area (Å²) in [6.07, 6.45) is 14.9. The van der Waals surface area contributed by atoms with Crippen molar-refractivity contribution in [1.82, 2.24) is 5.32 Å². The average Bonchev–Trinajstić information content (AvgIpc) is 2.95. The van der Waals surface area contributed by atoms with E-state index in [2.05, 4.69) is 16.4 Å². The lowest BCUT2D eigenvalue weighted by Gasteiger charge is -2.24. The van der Waals surface area contributed by atoms with Crippen LogP contribution in [0, 0.1) is 11.8 Å². The van der Waals surface area contributed by atoms with Crippen LogP contribution in [0.5, 0.6) is 0 Å². The predicted octanol–water partition coefficient (Wildman–Crippen LogP) is 3.83. The van der Waals surface area contributed by atoms with Gasteiger partial charge in [0.2, 0.25) is 0 Å². The first-order chi connectivity index (χ1) is 10.4. The van der Waals surface area contributed by atoms with E-state index in [1.807, 2.05) is 6.20 Å². The van der Waals surface area contributed by atoms with Crippen LogP contribution in [0.3, 0.4) is 0 Å². The third kappa shape index (κ3) is 3.76. The number of nitrogens with one attached hydrogen (secondary N) is 1. The largest absolute Gasteiger partial charge is 0.494 e. The molecule has 1 fully saturated rings. The van der Waals surface area contributed by atoms with Crippen LogP contribution in [0.15, 0.2) is 28.6 Å². The van der Waals surface area contributed by atoms with Crippen molar-refractivity contribution in [2.24, 2.45) is 16.8 Å². The first-order valence-corrected chi connectivity index (χ1v) is 8.59. The third-order valence-electron chi connectivity index (χ3n) is 5.16. The van der Waals surface area contributed by atoms with Crippen LogP contribution < -0.4 is 5.32 Å². The molecule has 1 unspecified atom stereocenters. The van der Waals surface area contributed by atoms with Gasteiger partial charge in [-0.25, -0.2) is 0 Å². The van der Waals surface area contributed by atoms with Gasteiger partial charge >= 0.3 is 0 Å². The summed E-state index contributed by atoms with van der Waals surface area (Å²) >= 11 is 0. The van der Waals surface area contributed by atoms with Crippen LogP contribution >= 0.6 is 0 Å². The molecule has 1 aliphatic heterocycles. The molecule has 1 heterocycles. The van der Waals surface area contributed by atoms with Crippen molar-refractivity contribution >= 4 is 5.71 Å². The summed E-state index contributed by atoms with van der Waals surface area (Å²) in [6.45, 7) is 2.38. The zero-order valence-corrected chi connectivity index (χ0v) is 13.2. The van der Waals surface area contributed by atoms with Crippen molar-refractivity contribution in [2.45, 2.75) is 51.4 Å².